The van der Waals surface area contributed by atoms with E-state index in [1.807, 2.05) is 0 Å². The molecule has 3 N–H and O–H groups in total. The molecule has 0 radical (unpaired) electrons. The van der Waals surface area contributed by atoms with Crippen LogP contribution in [0.1, 0.15) is 16.9 Å². The number of hydrogen-bond acceptors (Lipinski definition) is 4. The van der Waals surface area contributed by atoms with Crippen molar-refractivity contribution < 1.29 is 39.9 Å². The van der Waals surface area contributed by atoms with Gasteiger partial charge in [-0.3, -0.25) is 0 Å². The van der Waals surface area contributed by atoms with Gasteiger partial charge in [0.1, 0.15) is 5.75 Å². The van der Waals surface area contributed by atoms with Gasteiger partial charge in [-0.25, -0.2) is 4.39 Å². The molecule has 2 aromatic carbocycles. The van der Waals surface area contributed by atoms with Crippen LogP contribution in [0.25, 0.3) is 16.7 Å². The van der Waals surface area contributed by atoms with Gasteiger partial charge in [-0.15, -0.1) is 0 Å². The van der Waals surface area contributed by atoms with Crippen molar-refractivity contribution in [3.63, 3.8) is 0 Å². The van der Waals surface area contributed by atoms with Crippen LogP contribution in [0.4, 0.5) is 36.4 Å². The van der Waals surface area contributed by atoms with Gasteiger partial charge in [-0.05, 0) is 24.3 Å². The van der Waals surface area contributed by atoms with E-state index in [-0.39, 0.29) is 34.8 Å². The van der Waals surface area contributed by atoms with E-state index < -0.39 is 36.1 Å². The van der Waals surface area contributed by atoms with E-state index in [0.717, 1.165) is 12.1 Å². The number of anilines is 1. The maximum absolute atomic E-state index is 14.7. The highest BCUT2D eigenvalue weighted by atomic mass is 19.4. The van der Waals surface area contributed by atoms with Gasteiger partial charge in [0.2, 0.25) is 0 Å². The van der Waals surface area contributed by atoms with Crippen LogP contribution in [0.15, 0.2) is 47.4 Å². The van der Waals surface area contributed by atoms with Gasteiger partial charge in [0.25, 0.3) is 0 Å². The molecule has 0 fully saturated rings. The molecule has 0 saturated heterocycles. The molecule has 4 nitrogen and oxygen atoms in total. The Hall–Kier alpha value is -3.37. The van der Waals surface area contributed by atoms with Gasteiger partial charge < -0.3 is 20.2 Å². The molecule has 11 heteroatoms. The number of rotatable bonds is 6. The van der Waals surface area contributed by atoms with Crippen LogP contribution < -0.4 is 15.8 Å². The van der Waals surface area contributed by atoms with Crippen molar-refractivity contribution in [2.45, 2.75) is 18.9 Å². The van der Waals surface area contributed by atoms with Crippen molar-refractivity contribution in [3.8, 4) is 5.75 Å². The molecule has 0 aliphatic rings. The molecule has 0 amide bonds. The highest BCUT2D eigenvalue weighted by Gasteiger charge is 2.36. The molecule has 0 atom stereocenters. The largest absolute Gasteiger partial charge is 0.483 e. The topological polar surface area (TPSA) is 60.4 Å². The number of nitrogens with one attached hydrogen (secondary N) is 1. The molecule has 0 spiro atoms. The number of halogens is 7. The summed E-state index contributed by atoms with van der Waals surface area (Å²) in [5.41, 5.74) is 4.13. The van der Waals surface area contributed by atoms with Crippen LogP contribution in [-0.2, 0) is 12.7 Å². The summed E-state index contributed by atoms with van der Waals surface area (Å²) >= 11 is 0. The Bertz CT molecular complexity index is 1120. The minimum Gasteiger partial charge on any atom is -0.483 e. The van der Waals surface area contributed by atoms with Crippen LogP contribution in [-0.4, -0.2) is 12.8 Å². The first-order valence-corrected chi connectivity index (χ1v) is 8.65. The van der Waals surface area contributed by atoms with Crippen molar-refractivity contribution in [1.29, 1.82) is 0 Å². The van der Waals surface area contributed by atoms with Crippen LogP contribution in [0.2, 0.25) is 0 Å². The molecule has 0 saturated carbocycles. The van der Waals surface area contributed by atoms with Gasteiger partial charge in [0.15, 0.2) is 23.8 Å². The smallest absolute Gasteiger partial charge is 0.422 e. The van der Waals surface area contributed by atoms with Crippen LogP contribution in [0.5, 0.6) is 5.75 Å². The fourth-order valence-electron chi connectivity index (χ4n) is 2.75. The predicted molar refractivity (Wildman–Crippen MR) is 99.7 cm³/mol. The third-order valence-electron chi connectivity index (χ3n) is 4.18. The lowest BCUT2D eigenvalue weighted by Gasteiger charge is -2.17. The normalized spacial score (nSPS) is 12.2. The van der Waals surface area contributed by atoms with E-state index in [4.69, 9.17) is 10.2 Å². The maximum atomic E-state index is 14.7. The number of ether oxygens (including phenoxy) is 1. The van der Waals surface area contributed by atoms with E-state index in [9.17, 15) is 30.7 Å². The zero-order valence-corrected chi connectivity index (χ0v) is 15.6. The zero-order chi connectivity index (χ0) is 23.0. The van der Waals surface area contributed by atoms with E-state index in [0.29, 0.717) is 11.5 Å². The lowest BCUT2D eigenvalue weighted by atomic mass is 10.1. The quantitative estimate of drug-likeness (QED) is 0.449. The van der Waals surface area contributed by atoms with Crippen LogP contribution in [0.3, 0.4) is 0 Å². The Kier molecular flexibility index (Phi) is 5.79. The maximum Gasteiger partial charge on any atom is 0.422 e. The Morgan fingerprint density at radius 2 is 1.77 bits per heavy atom. The summed E-state index contributed by atoms with van der Waals surface area (Å²) in [6.07, 6.45) is -9.75. The summed E-state index contributed by atoms with van der Waals surface area (Å²) < 4.78 is 101. The molecular weight excluding hydrogens is 433 g/mol. The summed E-state index contributed by atoms with van der Waals surface area (Å²) in [4.78, 5) is 0. The molecule has 3 aromatic rings. The highest BCUT2D eigenvalue weighted by molar-refractivity contribution is 5.82. The van der Waals surface area contributed by atoms with Gasteiger partial charge in [-0.1, -0.05) is 18.7 Å². The average molecular weight is 448 g/mol. The van der Waals surface area contributed by atoms with Crippen molar-refractivity contribution >= 4 is 22.4 Å². The summed E-state index contributed by atoms with van der Waals surface area (Å²) in [5, 5.41) is 3.03. The van der Waals surface area contributed by atoms with Gasteiger partial charge in [-0.2, -0.15) is 26.3 Å². The van der Waals surface area contributed by atoms with Gasteiger partial charge in [0.05, 0.1) is 11.3 Å². The number of alkyl halides is 6. The van der Waals surface area contributed by atoms with E-state index in [2.05, 4.69) is 16.6 Å². The lowest BCUT2D eigenvalue weighted by Crippen LogP contribution is -2.21. The second-order valence-corrected chi connectivity index (χ2v) is 6.56. The first-order valence-electron chi connectivity index (χ1n) is 8.65. The third kappa shape index (κ3) is 5.22. The molecule has 31 heavy (non-hydrogen) atoms. The SMILES string of the molecule is C=C(N)c1cc2ccc(CNc3ccc(OCC(F)(F)F)c(C(F)(F)F)c3)c(F)c2o1. The molecule has 1 heterocycles. The molecule has 1 aromatic heterocycles. The second kappa shape index (κ2) is 8.05. The number of fused-ring (bicyclic) bond motifs is 1. The monoisotopic (exact) mass is 448 g/mol. The first-order chi connectivity index (χ1) is 14.3. The molecule has 166 valence electrons. The van der Waals surface area contributed by atoms with Crippen molar-refractivity contribution in [3.05, 3.63) is 65.7 Å². The minimum absolute atomic E-state index is 0.0852. The Labute approximate surface area is 171 Å². The molecule has 3 rings (SSSR count). The van der Waals surface area contributed by atoms with Crippen molar-refractivity contribution in [2.75, 3.05) is 11.9 Å². The van der Waals surface area contributed by atoms with E-state index in [1.165, 1.54) is 12.1 Å². The van der Waals surface area contributed by atoms with Crippen LogP contribution in [0, 0.1) is 5.82 Å². The summed E-state index contributed by atoms with van der Waals surface area (Å²) in [5.74, 6) is -1.52. The average Bonchev–Trinajstić information content (AvgIpc) is 3.10. The zero-order valence-electron chi connectivity index (χ0n) is 15.6. The minimum atomic E-state index is -4.96. The van der Waals surface area contributed by atoms with Crippen LogP contribution >= 0.6 is 0 Å². The van der Waals surface area contributed by atoms with Gasteiger partial charge in [0, 0.05) is 23.2 Å². The summed E-state index contributed by atoms with van der Waals surface area (Å²) in [6.45, 7) is 1.41. The molecular formula is C20H15F7N2O2. The molecule has 0 aliphatic carbocycles. The number of nitrogens with two attached hydrogens (primary N) is 1. The molecule has 0 bridgehead atoms. The first kappa shape index (κ1) is 22.3. The van der Waals surface area contributed by atoms with Crippen molar-refractivity contribution in [2.24, 2.45) is 5.73 Å². The van der Waals surface area contributed by atoms with Crippen molar-refractivity contribution in [1.82, 2.24) is 0 Å². The highest BCUT2D eigenvalue weighted by Crippen LogP contribution is 2.38. The number of furan rings is 1. The summed E-state index contributed by atoms with van der Waals surface area (Å²) in [7, 11) is 0. The summed E-state index contributed by atoms with van der Waals surface area (Å²) in [6, 6.07) is 6.90. The molecule has 0 aliphatic heterocycles. The lowest BCUT2D eigenvalue weighted by molar-refractivity contribution is -0.158. The predicted octanol–water partition coefficient (Wildman–Crippen LogP) is 6.07. The fourth-order valence-corrected chi connectivity index (χ4v) is 2.75. The third-order valence-corrected chi connectivity index (χ3v) is 4.18. The van der Waals surface area contributed by atoms with E-state index in [1.54, 1.807) is 6.07 Å². The number of benzene rings is 2. The number of hydrogen-bond donors (Lipinski definition) is 2. The fraction of sp³-hybridized carbons (Fsp3) is 0.200. The Balaban J connectivity index is 1.83. The Morgan fingerprint density at radius 1 is 1.06 bits per heavy atom. The second-order valence-electron chi connectivity index (χ2n) is 6.56. The standard InChI is InChI=1S/C20H15F7N2O2/c1-10(28)16-6-11-2-3-12(17(21)18(11)31-16)8-29-13-4-5-15(30-9-19(22,23)24)14(7-13)20(25,26)27/h2-7,29H,1,8-9,28H2. The van der Waals surface area contributed by atoms with E-state index >= 15 is 0 Å². The Morgan fingerprint density at radius 3 is 2.39 bits per heavy atom. The molecule has 0 unspecified atom stereocenters. The van der Waals surface area contributed by atoms with Gasteiger partial charge >= 0.3 is 12.4 Å².